The minimum Gasteiger partial charge on any atom is -0.496 e. The van der Waals surface area contributed by atoms with Gasteiger partial charge in [-0.25, -0.2) is 9.97 Å². The smallest absolute Gasteiger partial charge is 0.277 e. The molecule has 0 amide bonds. The molecule has 2 heterocycles. The predicted octanol–water partition coefficient (Wildman–Crippen LogP) is 2.64. The van der Waals surface area contributed by atoms with Crippen LogP contribution in [0.5, 0.6) is 11.5 Å². The topological polar surface area (TPSA) is 88.4 Å². The third-order valence-electron chi connectivity index (χ3n) is 5.72. The summed E-state index contributed by atoms with van der Waals surface area (Å²) in [7, 11) is 3.30. The van der Waals surface area contributed by atoms with Gasteiger partial charge >= 0.3 is 0 Å². The lowest BCUT2D eigenvalue weighted by molar-refractivity contribution is 0.146. The van der Waals surface area contributed by atoms with Crippen LogP contribution in [-0.4, -0.2) is 47.2 Å². The summed E-state index contributed by atoms with van der Waals surface area (Å²) in [6, 6.07) is 6.14. The van der Waals surface area contributed by atoms with E-state index in [0.29, 0.717) is 31.3 Å². The normalized spacial score (nSPS) is 15.4. The summed E-state index contributed by atoms with van der Waals surface area (Å²) < 4.78 is 17.2. The van der Waals surface area contributed by atoms with E-state index in [9.17, 15) is 4.79 Å². The predicted molar refractivity (Wildman–Crippen MR) is 115 cm³/mol. The number of rotatable bonds is 7. The molecule has 0 saturated carbocycles. The summed E-state index contributed by atoms with van der Waals surface area (Å²) in [5.74, 6) is 1.98. The second kappa shape index (κ2) is 9.26. The molecule has 0 saturated heterocycles. The molecule has 8 heteroatoms. The molecule has 4 rings (SSSR count). The highest BCUT2D eigenvalue weighted by atomic mass is 16.5. The van der Waals surface area contributed by atoms with Gasteiger partial charge in [-0.1, -0.05) is 12.1 Å². The first-order chi connectivity index (χ1) is 15.1. The fourth-order valence-corrected chi connectivity index (χ4v) is 4.09. The Morgan fingerprint density at radius 2 is 1.94 bits per heavy atom. The van der Waals surface area contributed by atoms with E-state index in [0.717, 1.165) is 35.3 Å². The molecule has 31 heavy (non-hydrogen) atoms. The molecule has 162 valence electrons. The van der Waals surface area contributed by atoms with E-state index in [1.165, 1.54) is 22.6 Å². The quantitative estimate of drug-likeness (QED) is 0.541. The number of fused-ring (bicyclic) bond motifs is 1. The molecular formula is C23H26N4O4. The first-order valence-electron chi connectivity index (χ1n) is 10.3. The van der Waals surface area contributed by atoms with E-state index >= 15 is 0 Å². The molecule has 0 spiro atoms. The Kier molecular flexibility index (Phi) is 6.27. The Bertz CT molecular complexity index is 1110. The number of benzene rings is 1. The van der Waals surface area contributed by atoms with Crippen LogP contribution < -0.4 is 15.0 Å². The Morgan fingerprint density at radius 1 is 1.13 bits per heavy atom. The molecule has 1 atom stereocenters. The molecule has 0 aliphatic heterocycles. The summed E-state index contributed by atoms with van der Waals surface area (Å²) in [5, 5.41) is 4.34. The van der Waals surface area contributed by atoms with Crippen molar-refractivity contribution in [3.63, 3.8) is 0 Å². The Hall–Kier alpha value is -3.26. The summed E-state index contributed by atoms with van der Waals surface area (Å²) in [6.45, 7) is 2.97. The van der Waals surface area contributed by atoms with Crippen molar-refractivity contribution in [1.29, 1.82) is 0 Å². The maximum atomic E-state index is 13.1. The summed E-state index contributed by atoms with van der Waals surface area (Å²) in [6.07, 6.45) is 7.20. The number of hydrogen-bond donors (Lipinski definition) is 0. The number of ether oxygens (including phenoxy) is 3. The molecule has 0 N–H and O–H groups in total. The van der Waals surface area contributed by atoms with Gasteiger partial charge < -0.3 is 14.2 Å². The van der Waals surface area contributed by atoms with Crippen molar-refractivity contribution in [1.82, 2.24) is 19.7 Å². The van der Waals surface area contributed by atoms with Gasteiger partial charge in [-0.15, -0.1) is 0 Å². The molecule has 1 aliphatic carbocycles. The van der Waals surface area contributed by atoms with Gasteiger partial charge in [0.15, 0.2) is 5.75 Å². The average molecular weight is 422 g/mol. The highest BCUT2D eigenvalue weighted by Crippen LogP contribution is 2.35. The molecule has 1 unspecified atom stereocenters. The first-order valence-corrected chi connectivity index (χ1v) is 10.3. The van der Waals surface area contributed by atoms with Crippen LogP contribution in [0.25, 0.3) is 5.95 Å². The van der Waals surface area contributed by atoms with Crippen LogP contribution >= 0.6 is 0 Å². The van der Waals surface area contributed by atoms with Crippen LogP contribution in [0.4, 0.5) is 0 Å². The lowest BCUT2D eigenvalue weighted by atomic mass is 9.79. The number of aromatic nitrogens is 4. The first kappa shape index (κ1) is 21.0. The van der Waals surface area contributed by atoms with E-state index < -0.39 is 0 Å². The lowest BCUT2D eigenvalue weighted by Gasteiger charge is -2.26. The van der Waals surface area contributed by atoms with Crippen LogP contribution in [0.15, 0.2) is 41.6 Å². The van der Waals surface area contributed by atoms with E-state index in [1.807, 2.05) is 12.1 Å². The van der Waals surface area contributed by atoms with Gasteiger partial charge in [0, 0.05) is 12.7 Å². The number of nitrogens with zero attached hydrogens (tertiary/aromatic N) is 4. The van der Waals surface area contributed by atoms with Crippen LogP contribution in [-0.2, 0) is 17.6 Å². The molecular weight excluding hydrogens is 396 g/mol. The Labute approximate surface area is 180 Å². The monoisotopic (exact) mass is 422 g/mol. The van der Waals surface area contributed by atoms with E-state index in [2.05, 4.69) is 28.1 Å². The number of hydrogen-bond acceptors (Lipinski definition) is 7. The van der Waals surface area contributed by atoms with Crippen molar-refractivity contribution in [2.45, 2.75) is 32.1 Å². The van der Waals surface area contributed by atoms with Crippen molar-refractivity contribution < 1.29 is 14.2 Å². The number of methoxy groups -OCH3 is 2. The minimum absolute atomic E-state index is 0.161. The SMILES string of the molecule is COCCOc1cnc(-n2ncc3c(c2=O)CCC(c2cccc(OC)c2C)C3)nc1. The Morgan fingerprint density at radius 3 is 2.68 bits per heavy atom. The van der Waals surface area contributed by atoms with Crippen molar-refractivity contribution in [3.8, 4) is 17.4 Å². The summed E-state index contributed by atoms with van der Waals surface area (Å²) >= 11 is 0. The molecule has 0 radical (unpaired) electrons. The average Bonchev–Trinajstić information content (AvgIpc) is 2.80. The van der Waals surface area contributed by atoms with Gasteiger partial charge in [-0.3, -0.25) is 4.79 Å². The van der Waals surface area contributed by atoms with Gasteiger partial charge in [-0.2, -0.15) is 9.78 Å². The largest absolute Gasteiger partial charge is 0.496 e. The van der Waals surface area contributed by atoms with Gasteiger partial charge in [0.2, 0.25) is 0 Å². The molecule has 3 aromatic rings. The zero-order valence-corrected chi connectivity index (χ0v) is 18.0. The highest BCUT2D eigenvalue weighted by molar-refractivity contribution is 5.43. The maximum absolute atomic E-state index is 13.1. The van der Waals surface area contributed by atoms with Crippen LogP contribution in [0, 0.1) is 6.92 Å². The standard InChI is InChI=1S/C23H26N4O4/c1-15-19(5-4-6-21(15)30-3)16-7-8-20-17(11-16)12-26-27(22(20)28)23-24-13-18(14-25-23)31-10-9-29-2/h4-6,12-14,16H,7-11H2,1-3H3. The Balaban J connectivity index is 1.56. The zero-order valence-electron chi connectivity index (χ0n) is 18.0. The third kappa shape index (κ3) is 4.29. The van der Waals surface area contributed by atoms with Crippen molar-refractivity contribution in [2.24, 2.45) is 0 Å². The van der Waals surface area contributed by atoms with Crippen LogP contribution in [0.1, 0.15) is 34.6 Å². The molecule has 1 aromatic carbocycles. The third-order valence-corrected chi connectivity index (χ3v) is 5.72. The van der Waals surface area contributed by atoms with Gasteiger partial charge in [0.1, 0.15) is 12.4 Å². The minimum atomic E-state index is -0.161. The molecule has 0 fully saturated rings. The van der Waals surface area contributed by atoms with Crippen LogP contribution in [0.2, 0.25) is 0 Å². The molecule has 1 aliphatic rings. The summed E-state index contributed by atoms with van der Waals surface area (Å²) in [4.78, 5) is 21.6. The summed E-state index contributed by atoms with van der Waals surface area (Å²) in [5.41, 5.74) is 4.03. The molecule has 8 nitrogen and oxygen atoms in total. The second-order valence-corrected chi connectivity index (χ2v) is 7.54. The molecule has 2 aromatic heterocycles. The van der Waals surface area contributed by atoms with Crippen molar-refractivity contribution >= 4 is 0 Å². The van der Waals surface area contributed by atoms with Crippen LogP contribution in [0.3, 0.4) is 0 Å². The lowest BCUT2D eigenvalue weighted by Crippen LogP contribution is -2.30. The van der Waals surface area contributed by atoms with Gasteiger partial charge in [-0.05, 0) is 54.9 Å². The van der Waals surface area contributed by atoms with Gasteiger partial charge in [0.25, 0.3) is 11.5 Å². The fourth-order valence-electron chi connectivity index (χ4n) is 4.09. The van der Waals surface area contributed by atoms with E-state index in [-0.39, 0.29) is 11.5 Å². The van der Waals surface area contributed by atoms with E-state index in [1.54, 1.807) is 20.4 Å². The van der Waals surface area contributed by atoms with Crippen molar-refractivity contribution in [2.75, 3.05) is 27.4 Å². The second-order valence-electron chi connectivity index (χ2n) is 7.54. The highest BCUT2D eigenvalue weighted by Gasteiger charge is 2.25. The molecule has 0 bridgehead atoms. The van der Waals surface area contributed by atoms with Gasteiger partial charge in [0.05, 0.1) is 32.3 Å². The fraction of sp³-hybridized carbons (Fsp3) is 0.391. The zero-order chi connectivity index (χ0) is 21.8. The van der Waals surface area contributed by atoms with Crippen molar-refractivity contribution in [3.05, 3.63) is 69.4 Å². The maximum Gasteiger partial charge on any atom is 0.277 e. The van der Waals surface area contributed by atoms with E-state index in [4.69, 9.17) is 14.2 Å².